The van der Waals surface area contributed by atoms with E-state index in [1.807, 2.05) is 0 Å². The molecule has 0 aromatic heterocycles. The summed E-state index contributed by atoms with van der Waals surface area (Å²) in [6.45, 7) is 1.42. The fraction of sp³-hybridized carbons (Fsp3) is 0.462. The molecule has 3 N–H and O–H groups in total. The van der Waals surface area contributed by atoms with Gasteiger partial charge in [-0.05, 0) is 19.1 Å². The van der Waals surface area contributed by atoms with E-state index in [2.05, 4.69) is 4.18 Å². The summed E-state index contributed by atoms with van der Waals surface area (Å²) in [5.74, 6) is -0.771. The molecule has 1 saturated heterocycles. The van der Waals surface area contributed by atoms with Crippen LogP contribution < -0.4 is 0 Å². The largest absolute Gasteiger partial charge is 0.453 e. The Morgan fingerprint density at radius 3 is 2.35 bits per heavy atom. The average molecular weight is 348 g/mol. The zero-order valence-electron chi connectivity index (χ0n) is 12.0. The first-order valence-electron chi connectivity index (χ1n) is 6.62. The van der Waals surface area contributed by atoms with Crippen LogP contribution in [0.1, 0.15) is 17.3 Å². The number of hydrogen-bond donors (Lipinski definition) is 3. The predicted octanol–water partition coefficient (Wildman–Crippen LogP) is -0.502. The van der Waals surface area contributed by atoms with E-state index in [4.69, 9.17) is 14.0 Å². The molecule has 0 aliphatic carbocycles. The molecule has 1 fully saturated rings. The third-order valence-electron chi connectivity index (χ3n) is 3.26. The van der Waals surface area contributed by atoms with Gasteiger partial charge in [-0.1, -0.05) is 18.2 Å². The van der Waals surface area contributed by atoms with Gasteiger partial charge in [0, 0.05) is 0 Å². The maximum Gasteiger partial charge on any atom is 0.397 e. The fourth-order valence-corrected chi connectivity index (χ4v) is 2.67. The van der Waals surface area contributed by atoms with Crippen molar-refractivity contribution < 1.29 is 41.6 Å². The van der Waals surface area contributed by atoms with Crippen LogP contribution in [0.2, 0.25) is 0 Å². The highest BCUT2D eigenvalue weighted by molar-refractivity contribution is 7.80. The number of hydrogen-bond acceptors (Lipinski definition) is 8. The van der Waals surface area contributed by atoms with E-state index in [0.29, 0.717) is 0 Å². The third kappa shape index (κ3) is 4.47. The van der Waals surface area contributed by atoms with E-state index in [9.17, 15) is 23.4 Å². The van der Waals surface area contributed by atoms with Crippen LogP contribution >= 0.6 is 0 Å². The predicted molar refractivity (Wildman–Crippen MR) is 74.6 cm³/mol. The summed E-state index contributed by atoms with van der Waals surface area (Å²) in [6.07, 6.45) is -7.64. The molecule has 0 unspecified atom stereocenters. The highest BCUT2D eigenvalue weighted by Crippen LogP contribution is 2.26. The van der Waals surface area contributed by atoms with Crippen LogP contribution in [0.4, 0.5) is 0 Å². The van der Waals surface area contributed by atoms with Crippen molar-refractivity contribution in [3.8, 4) is 0 Å². The third-order valence-corrected chi connectivity index (χ3v) is 3.72. The Morgan fingerprint density at radius 1 is 1.17 bits per heavy atom. The minimum absolute atomic E-state index is 0.213. The molecule has 1 aromatic carbocycles. The number of aliphatic hydroxyl groups excluding tert-OH is 2. The van der Waals surface area contributed by atoms with E-state index in [1.54, 1.807) is 18.2 Å². The first-order chi connectivity index (χ1) is 10.7. The maximum absolute atomic E-state index is 12.0. The number of carbonyl (C=O) groups is 1. The van der Waals surface area contributed by atoms with Crippen molar-refractivity contribution in [2.24, 2.45) is 0 Å². The van der Waals surface area contributed by atoms with Crippen molar-refractivity contribution in [3.63, 3.8) is 0 Å². The molecule has 0 bridgehead atoms. The van der Waals surface area contributed by atoms with Gasteiger partial charge in [0.05, 0.1) is 11.7 Å². The molecule has 128 valence electrons. The van der Waals surface area contributed by atoms with Gasteiger partial charge in [0.2, 0.25) is 0 Å². The molecule has 2 rings (SSSR count). The Balaban J connectivity index is 2.15. The number of esters is 1. The summed E-state index contributed by atoms with van der Waals surface area (Å²) in [5, 5.41) is 19.7. The second-order valence-corrected chi connectivity index (χ2v) is 5.99. The minimum atomic E-state index is -4.95. The molecule has 0 saturated carbocycles. The average Bonchev–Trinajstić information content (AvgIpc) is 2.47. The highest BCUT2D eigenvalue weighted by Gasteiger charge is 2.47. The molecule has 0 spiro atoms. The van der Waals surface area contributed by atoms with Gasteiger partial charge in [-0.15, -0.1) is 0 Å². The number of rotatable bonds is 4. The molecule has 1 aliphatic rings. The van der Waals surface area contributed by atoms with Crippen LogP contribution in [0, 0.1) is 0 Å². The molecular formula is C13H16O9S. The Morgan fingerprint density at radius 2 is 1.78 bits per heavy atom. The van der Waals surface area contributed by atoms with Gasteiger partial charge in [-0.3, -0.25) is 4.55 Å². The normalized spacial score (nSPS) is 31.6. The van der Waals surface area contributed by atoms with E-state index in [0.717, 1.165) is 0 Å². The molecule has 23 heavy (non-hydrogen) atoms. The summed E-state index contributed by atoms with van der Waals surface area (Å²) in [6, 6.07) is 7.90. The number of ether oxygens (including phenoxy) is 2. The molecule has 10 heteroatoms. The van der Waals surface area contributed by atoms with Gasteiger partial charge in [0.15, 0.2) is 18.5 Å². The van der Waals surface area contributed by atoms with Gasteiger partial charge in [-0.25, -0.2) is 8.98 Å². The molecule has 0 radical (unpaired) electrons. The van der Waals surface area contributed by atoms with Gasteiger partial charge in [-0.2, -0.15) is 8.42 Å². The lowest BCUT2D eigenvalue weighted by Gasteiger charge is -2.39. The summed E-state index contributed by atoms with van der Waals surface area (Å²) in [4.78, 5) is 12.0. The maximum atomic E-state index is 12.0. The fourth-order valence-electron chi connectivity index (χ4n) is 2.18. The van der Waals surface area contributed by atoms with Crippen molar-refractivity contribution in [2.45, 2.75) is 37.6 Å². The van der Waals surface area contributed by atoms with Gasteiger partial charge < -0.3 is 19.7 Å². The van der Waals surface area contributed by atoms with Gasteiger partial charge in [0.25, 0.3) is 0 Å². The molecular weight excluding hydrogens is 332 g/mol. The van der Waals surface area contributed by atoms with Crippen LogP contribution in [0.15, 0.2) is 30.3 Å². The van der Waals surface area contributed by atoms with Crippen molar-refractivity contribution in [3.05, 3.63) is 35.9 Å². The second kappa shape index (κ2) is 6.91. The lowest BCUT2D eigenvalue weighted by molar-refractivity contribution is -0.270. The molecule has 9 nitrogen and oxygen atoms in total. The van der Waals surface area contributed by atoms with E-state index < -0.39 is 47.1 Å². The minimum Gasteiger partial charge on any atom is -0.453 e. The van der Waals surface area contributed by atoms with Crippen molar-refractivity contribution in [1.82, 2.24) is 0 Å². The second-order valence-electron chi connectivity index (χ2n) is 4.95. The first kappa shape index (κ1) is 17.8. The van der Waals surface area contributed by atoms with Crippen molar-refractivity contribution in [2.75, 3.05) is 0 Å². The molecule has 1 aromatic rings. The number of benzene rings is 1. The summed E-state index contributed by atoms with van der Waals surface area (Å²) in [5.41, 5.74) is 0.213. The molecule has 1 heterocycles. The lowest BCUT2D eigenvalue weighted by Crippen LogP contribution is -2.59. The topological polar surface area (TPSA) is 140 Å². The number of carbonyl (C=O) groups excluding carboxylic acids is 1. The SMILES string of the molecule is C[C@@H]1O[C@H](O)[C@H](OS(=O)(=O)O)[C@H](O)[C@H]1OC(=O)c1ccccc1. The summed E-state index contributed by atoms with van der Waals surface area (Å²) < 4.78 is 44.5. The van der Waals surface area contributed by atoms with E-state index in [1.165, 1.54) is 19.1 Å². The summed E-state index contributed by atoms with van der Waals surface area (Å²) in [7, 11) is -4.95. The van der Waals surface area contributed by atoms with E-state index >= 15 is 0 Å². The van der Waals surface area contributed by atoms with Crippen LogP contribution in [0.5, 0.6) is 0 Å². The summed E-state index contributed by atoms with van der Waals surface area (Å²) >= 11 is 0. The molecule has 1 aliphatic heterocycles. The Labute approximate surface area is 132 Å². The van der Waals surface area contributed by atoms with E-state index in [-0.39, 0.29) is 5.56 Å². The zero-order chi connectivity index (χ0) is 17.2. The molecule has 0 amide bonds. The Bertz CT molecular complexity index is 645. The van der Waals surface area contributed by atoms with Crippen LogP contribution in [0.25, 0.3) is 0 Å². The van der Waals surface area contributed by atoms with Crippen molar-refractivity contribution in [1.29, 1.82) is 0 Å². The molecule has 5 atom stereocenters. The monoisotopic (exact) mass is 348 g/mol. The Hall–Kier alpha value is -1.56. The smallest absolute Gasteiger partial charge is 0.397 e. The lowest BCUT2D eigenvalue weighted by atomic mass is 9.99. The Kier molecular flexibility index (Phi) is 5.34. The number of aliphatic hydroxyl groups is 2. The highest BCUT2D eigenvalue weighted by atomic mass is 32.3. The van der Waals surface area contributed by atoms with Gasteiger partial charge in [0.1, 0.15) is 6.10 Å². The zero-order valence-corrected chi connectivity index (χ0v) is 12.8. The van der Waals surface area contributed by atoms with Crippen LogP contribution in [-0.4, -0.2) is 59.9 Å². The quantitative estimate of drug-likeness (QED) is 0.485. The first-order valence-corrected chi connectivity index (χ1v) is 7.99. The van der Waals surface area contributed by atoms with Crippen molar-refractivity contribution >= 4 is 16.4 Å². The van der Waals surface area contributed by atoms with Gasteiger partial charge >= 0.3 is 16.4 Å². The standard InChI is InChI=1S/C13H16O9S/c1-7-10(21-12(15)8-5-3-2-4-6-8)9(14)11(13(16)20-7)22-23(17,18)19/h2-7,9-11,13-14,16H,1H3,(H,17,18,19)/t7-,9+,10-,11+,13-/m0/s1. The van der Waals surface area contributed by atoms with Crippen LogP contribution in [-0.2, 0) is 24.1 Å². The van der Waals surface area contributed by atoms with Crippen LogP contribution in [0.3, 0.4) is 0 Å².